The largest absolute Gasteiger partial charge is 0.356 e. The standard InChI is InChI=1S/C13H27N3O2S/c1-11(17)13(15,19)8-4-6-10-16-12(18)7-3-2-5-9-14/h19H,2-10,14-15H2,1H3,(H,16,18)/t13-/m0/s1. The summed E-state index contributed by atoms with van der Waals surface area (Å²) in [5, 5.41) is 2.85. The van der Waals surface area contributed by atoms with Crippen molar-refractivity contribution in [2.45, 2.75) is 56.7 Å². The molecule has 0 aliphatic carbocycles. The zero-order valence-electron chi connectivity index (χ0n) is 11.8. The molecular weight excluding hydrogens is 262 g/mol. The minimum absolute atomic E-state index is 0.0773. The Labute approximate surface area is 121 Å². The smallest absolute Gasteiger partial charge is 0.219 e. The van der Waals surface area contributed by atoms with E-state index < -0.39 is 4.87 Å². The normalized spacial score (nSPS) is 13.9. The van der Waals surface area contributed by atoms with Crippen molar-refractivity contribution in [3.63, 3.8) is 0 Å². The predicted octanol–water partition coefficient (Wildman–Crippen LogP) is 0.966. The molecule has 0 saturated heterocycles. The molecule has 5 N–H and O–H groups in total. The number of Topliss-reactive ketones (excluding diaryl/α,β-unsaturated/α-hetero) is 1. The molecule has 0 bridgehead atoms. The molecule has 0 aromatic carbocycles. The van der Waals surface area contributed by atoms with Gasteiger partial charge in [-0.3, -0.25) is 9.59 Å². The van der Waals surface area contributed by atoms with E-state index in [4.69, 9.17) is 11.5 Å². The number of hydrogen-bond donors (Lipinski definition) is 4. The van der Waals surface area contributed by atoms with Gasteiger partial charge in [-0.1, -0.05) is 6.42 Å². The quantitative estimate of drug-likeness (QED) is 0.259. The zero-order valence-corrected chi connectivity index (χ0v) is 12.7. The highest BCUT2D eigenvalue weighted by Crippen LogP contribution is 2.16. The minimum atomic E-state index is -1.04. The summed E-state index contributed by atoms with van der Waals surface area (Å²) < 4.78 is 0. The summed E-state index contributed by atoms with van der Waals surface area (Å²) in [4.78, 5) is 21.5. The van der Waals surface area contributed by atoms with E-state index in [1.165, 1.54) is 6.92 Å². The van der Waals surface area contributed by atoms with Gasteiger partial charge in [-0.15, -0.1) is 12.6 Å². The lowest BCUT2D eigenvalue weighted by Gasteiger charge is -2.19. The van der Waals surface area contributed by atoms with Crippen LogP contribution in [0.25, 0.3) is 0 Å². The number of carbonyl (C=O) groups is 2. The summed E-state index contributed by atoms with van der Waals surface area (Å²) in [6.45, 7) is 2.75. The van der Waals surface area contributed by atoms with Gasteiger partial charge in [-0.25, -0.2) is 0 Å². The van der Waals surface area contributed by atoms with Gasteiger partial charge >= 0.3 is 0 Å². The van der Waals surface area contributed by atoms with Crippen LogP contribution in [0.5, 0.6) is 0 Å². The summed E-state index contributed by atoms with van der Waals surface area (Å²) in [5.41, 5.74) is 11.1. The van der Waals surface area contributed by atoms with E-state index in [0.717, 1.165) is 32.1 Å². The van der Waals surface area contributed by atoms with Crippen molar-refractivity contribution in [1.29, 1.82) is 0 Å². The molecule has 19 heavy (non-hydrogen) atoms. The Kier molecular flexibility index (Phi) is 9.91. The topological polar surface area (TPSA) is 98.2 Å². The van der Waals surface area contributed by atoms with E-state index in [9.17, 15) is 9.59 Å². The highest BCUT2D eigenvalue weighted by molar-refractivity contribution is 7.82. The Bertz CT molecular complexity index is 283. The number of nitrogens with two attached hydrogens (primary N) is 2. The Morgan fingerprint density at radius 2 is 1.84 bits per heavy atom. The lowest BCUT2D eigenvalue weighted by Crippen LogP contribution is -2.40. The van der Waals surface area contributed by atoms with Gasteiger partial charge < -0.3 is 16.8 Å². The first-order valence-electron chi connectivity index (χ1n) is 6.89. The van der Waals surface area contributed by atoms with Crippen LogP contribution in [0.2, 0.25) is 0 Å². The van der Waals surface area contributed by atoms with Crippen molar-refractivity contribution in [2.24, 2.45) is 11.5 Å². The van der Waals surface area contributed by atoms with E-state index in [2.05, 4.69) is 17.9 Å². The van der Waals surface area contributed by atoms with Crippen LogP contribution in [0, 0.1) is 0 Å². The van der Waals surface area contributed by atoms with Crippen molar-refractivity contribution >= 4 is 24.3 Å². The number of rotatable bonds is 11. The highest BCUT2D eigenvalue weighted by Gasteiger charge is 2.24. The average Bonchev–Trinajstić information content (AvgIpc) is 2.34. The maximum atomic E-state index is 11.4. The maximum absolute atomic E-state index is 11.4. The number of amides is 1. The molecular formula is C13H27N3O2S. The molecule has 5 nitrogen and oxygen atoms in total. The van der Waals surface area contributed by atoms with Crippen LogP contribution in [0.15, 0.2) is 0 Å². The third-order valence-electron chi connectivity index (χ3n) is 3.02. The summed E-state index contributed by atoms with van der Waals surface area (Å²) in [5.74, 6) is -0.0479. The molecule has 0 saturated carbocycles. The second-order valence-electron chi connectivity index (χ2n) is 4.89. The summed E-state index contributed by atoms with van der Waals surface area (Å²) in [6.07, 6.45) is 5.51. The summed E-state index contributed by atoms with van der Waals surface area (Å²) in [7, 11) is 0. The molecule has 0 unspecified atom stereocenters. The van der Waals surface area contributed by atoms with Gasteiger partial charge in [-0.05, 0) is 45.6 Å². The van der Waals surface area contributed by atoms with Crippen LogP contribution in [-0.2, 0) is 9.59 Å². The molecule has 1 amide bonds. The monoisotopic (exact) mass is 289 g/mol. The fraction of sp³-hybridized carbons (Fsp3) is 0.846. The van der Waals surface area contributed by atoms with E-state index in [1.807, 2.05) is 0 Å². The SMILES string of the molecule is CC(=O)[C@@](N)(S)CCCCNC(=O)CCCCCN. The summed E-state index contributed by atoms with van der Waals surface area (Å²) in [6, 6.07) is 0. The first-order valence-corrected chi connectivity index (χ1v) is 7.34. The fourth-order valence-electron chi connectivity index (χ4n) is 1.62. The van der Waals surface area contributed by atoms with Gasteiger partial charge in [0.25, 0.3) is 0 Å². The van der Waals surface area contributed by atoms with Crippen LogP contribution in [-0.4, -0.2) is 29.7 Å². The number of nitrogens with one attached hydrogen (secondary N) is 1. The first kappa shape index (κ1) is 18.4. The molecule has 0 heterocycles. The average molecular weight is 289 g/mol. The fourth-order valence-corrected chi connectivity index (χ4v) is 1.78. The van der Waals surface area contributed by atoms with E-state index >= 15 is 0 Å². The van der Waals surface area contributed by atoms with Gasteiger partial charge in [0.15, 0.2) is 5.78 Å². The molecule has 0 aliphatic heterocycles. The number of carbonyl (C=O) groups excluding carboxylic acids is 2. The number of thiol groups is 1. The molecule has 112 valence electrons. The van der Waals surface area contributed by atoms with Crippen molar-refractivity contribution < 1.29 is 9.59 Å². The van der Waals surface area contributed by atoms with Gasteiger partial charge in [0.2, 0.25) is 5.91 Å². The number of unbranched alkanes of at least 4 members (excludes halogenated alkanes) is 3. The van der Waals surface area contributed by atoms with Crippen LogP contribution >= 0.6 is 12.6 Å². The number of ketones is 1. The van der Waals surface area contributed by atoms with Crippen molar-refractivity contribution in [1.82, 2.24) is 5.32 Å². The molecule has 0 aliphatic rings. The Morgan fingerprint density at radius 1 is 1.16 bits per heavy atom. The van der Waals surface area contributed by atoms with E-state index in [1.54, 1.807) is 0 Å². The highest BCUT2D eigenvalue weighted by atomic mass is 32.1. The molecule has 0 fully saturated rings. The molecule has 0 rings (SSSR count). The predicted molar refractivity (Wildman–Crippen MR) is 81.0 cm³/mol. The van der Waals surface area contributed by atoms with Gasteiger partial charge in [-0.2, -0.15) is 0 Å². The van der Waals surface area contributed by atoms with Gasteiger partial charge in [0, 0.05) is 13.0 Å². The van der Waals surface area contributed by atoms with Crippen molar-refractivity contribution in [2.75, 3.05) is 13.1 Å². The second-order valence-corrected chi connectivity index (χ2v) is 5.68. The Morgan fingerprint density at radius 3 is 2.42 bits per heavy atom. The van der Waals surface area contributed by atoms with Crippen LogP contribution in [0.4, 0.5) is 0 Å². The van der Waals surface area contributed by atoms with E-state index in [0.29, 0.717) is 25.9 Å². The minimum Gasteiger partial charge on any atom is -0.356 e. The Balaban J connectivity index is 3.49. The molecule has 0 radical (unpaired) electrons. The maximum Gasteiger partial charge on any atom is 0.219 e. The second kappa shape index (κ2) is 10.2. The van der Waals surface area contributed by atoms with E-state index in [-0.39, 0.29) is 11.7 Å². The zero-order chi connectivity index (χ0) is 14.7. The van der Waals surface area contributed by atoms with Crippen LogP contribution in [0.1, 0.15) is 51.9 Å². The molecule has 6 heteroatoms. The Hall–Kier alpha value is -0.590. The van der Waals surface area contributed by atoms with Crippen molar-refractivity contribution in [3.8, 4) is 0 Å². The van der Waals surface area contributed by atoms with Crippen molar-refractivity contribution in [3.05, 3.63) is 0 Å². The lowest BCUT2D eigenvalue weighted by molar-refractivity contribution is -0.121. The molecule has 0 spiro atoms. The first-order chi connectivity index (χ1) is 8.90. The van der Waals surface area contributed by atoms with Gasteiger partial charge in [0.05, 0.1) is 0 Å². The van der Waals surface area contributed by atoms with Crippen LogP contribution < -0.4 is 16.8 Å². The molecule has 1 atom stereocenters. The van der Waals surface area contributed by atoms with Gasteiger partial charge in [0.1, 0.15) is 4.87 Å². The third-order valence-corrected chi connectivity index (χ3v) is 3.56. The number of hydrogen-bond acceptors (Lipinski definition) is 5. The lowest BCUT2D eigenvalue weighted by atomic mass is 10.1. The van der Waals surface area contributed by atoms with Crippen LogP contribution in [0.3, 0.4) is 0 Å². The third kappa shape index (κ3) is 9.92. The molecule has 0 aromatic rings. The summed E-state index contributed by atoms with van der Waals surface area (Å²) >= 11 is 4.12. The molecule has 0 aromatic heterocycles.